The Bertz CT molecular complexity index is 559. The van der Waals surface area contributed by atoms with Crippen molar-refractivity contribution in [2.75, 3.05) is 11.9 Å². The first-order valence-corrected chi connectivity index (χ1v) is 6.76. The Morgan fingerprint density at radius 1 is 1.26 bits per heavy atom. The molecule has 0 aromatic carbocycles. The molecular formula is C14H21N5. The molecule has 0 aliphatic heterocycles. The molecule has 0 amide bonds. The predicted molar refractivity (Wildman–Crippen MR) is 77.1 cm³/mol. The number of anilines is 1. The van der Waals surface area contributed by atoms with E-state index >= 15 is 0 Å². The van der Waals surface area contributed by atoms with Crippen LogP contribution in [0.25, 0.3) is 11.4 Å². The molecule has 0 aliphatic carbocycles. The number of hydrogen-bond acceptors (Lipinski definition) is 4. The van der Waals surface area contributed by atoms with Gasteiger partial charge in [0.15, 0.2) is 5.82 Å². The summed E-state index contributed by atoms with van der Waals surface area (Å²) in [5, 5.41) is 7.58. The third kappa shape index (κ3) is 2.92. The summed E-state index contributed by atoms with van der Waals surface area (Å²) < 4.78 is 1.84. The molecule has 0 radical (unpaired) electrons. The van der Waals surface area contributed by atoms with Crippen LogP contribution in [0.5, 0.6) is 0 Å². The van der Waals surface area contributed by atoms with Crippen LogP contribution in [-0.4, -0.2) is 26.3 Å². The van der Waals surface area contributed by atoms with Crippen molar-refractivity contribution >= 4 is 5.82 Å². The van der Waals surface area contributed by atoms with Gasteiger partial charge in [-0.25, -0.2) is 9.97 Å². The minimum atomic E-state index is 0.753. The minimum absolute atomic E-state index is 0.753. The minimum Gasteiger partial charge on any atom is -0.370 e. The Balaban J connectivity index is 2.41. The van der Waals surface area contributed by atoms with Crippen LogP contribution in [0, 0.1) is 6.92 Å². The van der Waals surface area contributed by atoms with Crippen LogP contribution in [-0.2, 0) is 13.5 Å². The summed E-state index contributed by atoms with van der Waals surface area (Å²) in [6.45, 7) is 7.20. The highest BCUT2D eigenvalue weighted by Gasteiger charge is 2.11. The maximum Gasteiger partial charge on any atom is 0.165 e. The van der Waals surface area contributed by atoms with E-state index in [0.29, 0.717) is 0 Å². The van der Waals surface area contributed by atoms with Crippen LogP contribution in [0.1, 0.15) is 31.7 Å². The van der Waals surface area contributed by atoms with Gasteiger partial charge < -0.3 is 5.32 Å². The van der Waals surface area contributed by atoms with Gasteiger partial charge in [0.05, 0.1) is 11.8 Å². The van der Waals surface area contributed by atoms with Crippen molar-refractivity contribution in [1.82, 2.24) is 19.7 Å². The lowest BCUT2D eigenvalue weighted by Gasteiger charge is -2.08. The molecule has 2 aromatic heterocycles. The number of nitrogens with zero attached hydrogens (tertiary/aromatic N) is 4. The molecule has 5 heteroatoms. The van der Waals surface area contributed by atoms with Crippen LogP contribution < -0.4 is 5.32 Å². The van der Waals surface area contributed by atoms with E-state index in [1.807, 2.05) is 30.9 Å². The van der Waals surface area contributed by atoms with Crippen molar-refractivity contribution in [3.63, 3.8) is 0 Å². The number of aryl methyl sites for hydroxylation is 2. The van der Waals surface area contributed by atoms with Gasteiger partial charge in [0.2, 0.25) is 0 Å². The second-order valence-corrected chi connectivity index (χ2v) is 4.62. The molecule has 0 atom stereocenters. The zero-order valence-electron chi connectivity index (χ0n) is 12.1. The quantitative estimate of drug-likeness (QED) is 0.896. The average molecular weight is 259 g/mol. The first kappa shape index (κ1) is 13.5. The Kier molecular flexibility index (Phi) is 4.14. The predicted octanol–water partition coefficient (Wildman–Crippen LogP) is 2.57. The molecular weight excluding hydrogens is 238 g/mol. The molecule has 0 bridgehead atoms. The van der Waals surface area contributed by atoms with Crippen LogP contribution >= 0.6 is 0 Å². The van der Waals surface area contributed by atoms with Crippen molar-refractivity contribution in [3.05, 3.63) is 23.7 Å². The molecule has 0 aliphatic rings. The molecule has 0 spiro atoms. The molecule has 5 nitrogen and oxygen atoms in total. The van der Waals surface area contributed by atoms with Crippen LogP contribution in [0.2, 0.25) is 0 Å². The standard InChI is InChI=1S/C14H21N5/c1-5-7-15-13-8-11(6-2)17-14(18-13)12-9-16-19(4)10(12)3/h8-9H,5-7H2,1-4H3,(H,15,17,18). The maximum atomic E-state index is 4.60. The Labute approximate surface area is 114 Å². The molecule has 0 saturated carbocycles. The van der Waals surface area contributed by atoms with E-state index in [9.17, 15) is 0 Å². The lowest BCUT2D eigenvalue weighted by atomic mass is 10.2. The van der Waals surface area contributed by atoms with E-state index in [1.165, 1.54) is 0 Å². The number of nitrogens with one attached hydrogen (secondary N) is 1. The summed E-state index contributed by atoms with van der Waals surface area (Å²) in [4.78, 5) is 9.19. The smallest absolute Gasteiger partial charge is 0.165 e. The van der Waals surface area contributed by atoms with Gasteiger partial charge in [0, 0.05) is 31.0 Å². The molecule has 1 N–H and O–H groups in total. The second kappa shape index (κ2) is 5.82. The van der Waals surface area contributed by atoms with Gasteiger partial charge >= 0.3 is 0 Å². The summed E-state index contributed by atoms with van der Waals surface area (Å²) >= 11 is 0. The van der Waals surface area contributed by atoms with Gasteiger partial charge in [0.1, 0.15) is 5.82 Å². The van der Waals surface area contributed by atoms with Gasteiger partial charge in [-0.2, -0.15) is 5.10 Å². The lowest BCUT2D eigenvalue weighted by Crippen LogP contribution is -2.05. The van der Waals surface area contributed by atoms with Gasteiger partial charge in [0.25, 0.3) is 0 Å². The molecule has 19 heavy (non-hydrogen) atoms. The van der Waals surface area contributed by atoms with Crippen molar-refractivity contribution in [3.8, 4) is 11.4 Å². The first-order chi connectivity index (χ1) is 9.15. The number of hydrogen-bond donors (Lipinski definition) is 1. The molecule has 102 valence electrons. The third-order valence-corrected chi connectivity index (χ3v) is 3.17. The monoisotopic (exact) mass is 259 g/mol. The third-order valence-electron chi connectivity index (χ3n) is 3.17. The van der Waals surface area contributed by atoms with E-state index in [1.54, 1.807) is 0 Å². The molecule has 0 unspecified atom stereocenters. The van der Waals surface area contributed by atoms with E-state index in [0.717, 1.165) is 48.0 Å². The summed E-state index contributed by atoms with van der Waals surface area (Å²) in [6.07, 6.45) is 3.80. The fourth-order valence-electron chi connectivity index (χ4n) is 1.86. The van der Waals surface area contributed by atoms with Crippen molar-refractivity contribution in [1.29, 1.82) is 0 Å². The first-order valence-electron chi connectivity index (χ1n) is 6.76. The number of aromatic nitrogens is 4. The van der Waals surface area contributed by atoms with E-state index in [2.05, 4.69) is 34.2 Å². The van der Waals surface area contributed by atoms with Gasteiger partial charge in [-0.1, -0.05) is 13.8 Å². The van der Waals surface area contributed by atoms with Crippen LogP contribution in [0.15, 0.2) is 12.3 Å². The highest BCUT2D eigenvalue weighted by Crippen LogP contribution is 2.21. The summed E-state index contributed by atoms with van der Waals surface area (Å²) in [7, 11) is 1.93. The van der Waals surface area contributed by atoms with Crippen molar-refractivity contribution in [2.24, 2.45) is 7.05 Å². The molecule has 2 heterocycles. The molecule has 2 aromatic rings. The summed E-state index contributed by atoms with van der Waals surface area (Å²) in [5.41, 5.74) is 3.12. The Morgan fingerprint density at radius 3 is 2.63 bits per heavy atom. The normalized spacial score (nSPS) is 10.7. The van der Waals surface area contributed by atoms with E-state index in [-0.39, 0.29) is 0 Å². The van der Waals surface area contributed by atoms with E-state index < -0.39 is 0 Å². The molecule has 0 fully saturated rings. The highest BCUT2D eigenvalue weighted by molar-refractivity contribution is 5.59. The lowest BCUT2D eigenvalue weighted by molar-refractivity contribution is 0.740. The van der Waals surface area contributed by atoms with Crippen molar-refractivity contribution < 1.29 is 0 Å². The zero-order valence-corrected chi connectivity index (χ0v) is 12.1. The summed E-state index contributed by atoms with van der Waals surface area (Å²) in [6, 6.07) is 2.02. The average Bonchev–Trinajstić information content (AvgIpc) is 2.76. The molecule has 0 saturated heterocycles. The number of rotatable bonds is 5. The van der Waals surface area contributed by atoms with Crippen LogP contribution in [0.3, 0.4) is 0 Å². The van der Waals surface area contributed by atoms with Crippen molar-refractivity contribution in [2.45, 2.75) is 33.6 Å². The van der Waals surface area contributed by atoms with E-state index in [4.69, 9.17) is 0 Å². The fraction of sp³-hybridized carbons (Fsp3) is 0.500. The largest absolute Gasteiger partial charge is 0.370 e. The van der Waals surface area contributed by atoms with Gasteiger partial charge in [-0.3, -0.25) is 4.68 Å². The topological polar surface area (TPSA) is 55.6 Å². The fourth-order valence-corrected chi connectivity index (χ4v) is 1.86. The van der Waals surface area contributed by atoms with Gasteiger partial charge in [-0.15, -0.1) is 0 Å². The maximum absolute atomic E-state index is 4.60. The molecule has 2 rings (SSSR count). The zero-order chi connectivity index (χ0) is 13.8. The summed E-state index contributed by atoms with van der Waals surface area (Å²) in [5.74, 6) is 1.65. The van der Waals surface area contributed by atoms with Crippen LogP contribution in [0.4, 0.5) is 5.82 Å². The van der Waals surface area contributed by atoms with Gasteiger partial charge in [-0.05, 0) is 19.8 Å². The highest BCUT2D eigenvalue weighted by atomic mass is 15.3. The second-order valence-electron chi connectivity index (χ2n) is 4.62. The Morgan fingerprint density at radius 2 is 2.05 bits per heavy atom. The SMILES string of the molecule is CCCNc1cc(CC)nc(-c2cnn(C)c2C)n1. The Hall–Kier alpha value is -1.91.